The zero-order valence-electron chi connectivity index (χ0n) is 31.3. The molecule has 1 saturated heterocycles. The molecular weight excluding hydrogens is 750 g/mol. The highest BCUT2D eigenvalue weighted by atomic mass is 79.9. The molecule has 16 heteroatoms. The maximum absolute atomic E-state index is 14.3. The molecule has 5 amide bonds. The van der Waals surface area contributed by atoms with E-state index in [4.69, 9.17) is 0 Å². The number of hydrogen-bond donors (Lipinski definition) is 4. The molecule has 0 aromatic heterocycles. The summed E-state index contributed by atoms with van der Waals surface area (Å²) in [5, 5.41) is 10.8. The molecule has 0 bridgehead atoms. The number of piperidine rings is 1. The summed E-state index contributed by atoms with van der Waals surface area (Å²) in [6, 6.07) is 2.46. The minimum Gasteiger partial charge on any atom is -0.354 e. The molecule has 12 nitrogen and oxygen atoms in total. The average molecular weight is 806 g/mol. The number of amides is 5. The highest BCUT2D eigenvalue weighted by molar-refractivity contribution is 9.10. The first-order valence-corrected chi connectivity index (χ1v) is 19.8. The SMILES string of the molecule is CN(C[C@@H](NC(=O)N[C@H](C(=O)N1C[C@H]2[C@@H]([C@H]1C(=O)N[C@@H](CC(F)F)C(=O)NCCc1ccc(Br)cc1)C2(C)C)C(C)(C)C)C(C)(C)C)S(C)(=O)=O. The second-order valence-corrected chi connectivity index (χ2v) is 19.6. The van der Waals surface area contributed by atoms with Crippen molar-refractivity contribution < 1.29 is 36.4 Å². The molecule has 1 aliphatic heterocycles. The molecule has 1 heterocycles. The van der Waals surface area contributed by atoms with Gasteiger partial charge in [0.05, 0.1) is 6.26 Å². The number of benzene rings is 1. The van der Waals surface area contributed by atoms with Crippen LogP contribution < -0.4 is 21.3 Å². The van der Waals surface area contributed by atoms with Gasteiger partial charge in [-0.05, 0) is 52.2 Å². The zero-order valence-corrected chi connectivity index (χ0v) is 33.7. The van der Waals surface area contributed by atoms with Gasteiger partial charge >= 0.3 is 6.03 Å². The fourth-order valence-corrected chi connectivity index (χ4v) is 7.34. The Bertz CT molecular complexity index is 1550. The number of likely N-dealkylation sites (N-methyl/N-ethyl adjacent to an activating group) is 1. The monoisotopic (exact) mass is 804 g/mol. The number of carbonyl (C=O) groups is 4. The first-order valence-electron chi connectivity index (χ1n) is 17.1. The van der Waals surface area contributed by atoms with Crippen molar-refractivity contribution in [1.29, 1.82) is 0 Å². The standard InChI is InChI=1S/C35H55BrF2N6O6S/c1-33(2,3)24(19-43(9)51(10,49)50)41-32(48)42-28(34(4,5)6)31(47)44-18-22-26(35(22,7)8)27(44)30(46)40-23(17-25(37)38)29(45)39-16-15-20-11-13-21(36)14-12-20/h11-14,22-28H,15-19H2,1-10H3,(H,39,45)(H,40,46)(H2,41,42,48)/t22-,23-,24+,26-,27-,28+/m0/s1. The molecular formula is C35H55BrF2N6O6S. The van der Waals surface area contributed by atoms with Crippen molar-refractivity contribution in [2.45, 2.75) is 98.8 Å². The van der Waals surface area contributed by atoms with Gasteiger partial charge in [0.1, 0.15) is 18.1 Å². The van der Waals surface area contributed by atoms with Gasteiger partial charge in [-0.25, -0.2) is 26.3 Å². The largest absolute Gasteiger partial charge is 0.354 e. The molecule has 288 valence electrons. The summed E-state index contributed by atoms with van der Waals surface area (Å²) in [5.74, 6) is -2.30. The van der Waals surface area contributed by atoms with E-state index in [-0.39, 0.29) is 36.9 Å². The summed E-state index contributed by atoms with van der Waals surface area (Å²) in [4.78, 5) is 56.2. The Morgan fingerprint density at radius 2 is 1.59 bits per heavy atom. The number of carbonyl (C=O) groups excluding carboxylic acids is 4. The van der Waals surface area contributed by atoms with Gasteiger partial charge in [0.15, 0.2) is 0 Å². The second-order valence-electron chi connectivity index (χ2n) is 16.6. The van der Waals surface area contributed by atoms with Crippen LogP contribution in [-0.2, 0) is 30.8 Å². The summed E-state index contributed by atoms with van der Waals surface area (Å²) < 4.78 is 53.6. The Labute approximate surface area is 309 Å². The zero-order chi connectivity index (χ0) is 38.9. The number of urea groups is 1. The molecule has 0 unspecified atom stereocenters. The lowest BCUT2D eigenvalue weighted by atomic mass is 9.85. The van der Waals surface area contributed by atoms with Gasteiger partial charge < -0.3 is 26.2 Å². The van der Waals surface area contributed by atoms with Crippen LogP contribution in [0.15, 0.2) is 28.7 Å². The number of rotatable bonds is 14. The number of nitrogens with zero attached hydrogens (tertiary/aromatic N) is 2. The van der Waals surface area contributed by atoms with Crippen molar-refractivity contribution in [3.05, 3.63) is 34.3 Å². The van der Waals surface area contributed by atoms with Crippen molar-refractivity contribution in [1.82, 2.24) is 30.5 Å². The average Bonchev–Trinajstić information content (AvgIpc) is 3.30. The lowest BCUT2D eigenvalue weighted by Crippen LogP contribution is -2.62. The predicted octanol–water partition coefficient (Wildman–Crippen LogP) is 3.75. The summed E-state index contributed by atoms with van der Waals surface area (Å²) in [6.07, 6.45) is -2.25. The number of sulfonamides is 1. The lowest BCUT2D eigenvalue weighted by molar-refractivity contribution is -0.144. The van der Waals surface area contributed by atoms with Crippen molar-refractivity contribution >= 4 is 49.7 Å². The number of likely N-dealkylation sites (tertiary alicyclic amines) is 1. The normalized spacial score (nSPS) is 21.8. The summed E-state index contributed by atoms with van der Waals surface area (Å²) in [7, 11) is -2.12. The van der Waals surface area contributed by atoms with Gasteiger partial charge in [0, 0.05) is 43.6 Å². The molecule has 4 N–H and O–H groups in total. The highest BCUT2D eigenvalue weighted by Crippen LogP contribution is 2.65. The van der Waals surface area contributed by atoms with E-state index in [1.165, 1.54) is 11.9 Å². The predicted molar refractivity (Wildman–Crippen MR) is 195 cm³/mol. The van der Waals surface area contributed by atoms with Crippen molar-refractivity contribution in [2.75, 3.05) is 32.9 Å². The molecule has 0 radical (unpaired) electrons. The molecule has 2 aliphatic rings. The number of halogens is 3. The van der Waals surface area contributed by atoms with Crippen molar-refractivity contribution in [3.8, 4) is 0 Å². The highest BCUT2D eigenvalue weighted by Gasteiger charge is 2.70. The Morgan fingerprint density at radius 3 is 2.10 bits per heavy atom. The third kappa shape index (κ3) is 11.1. The second kappa shape index (κ2) is 16.0. The van der Waals surface area contributed by atoms with Crippen LogP contribution in [-0.4, -0.2) is 105 Å². The Hall–Kier alpha value is -2.85. The van der Waals surface area contributed by atoms with Crippen LogP contribution in [0.4, 0.5) is 13.6 Å². The van der Waals surface area contributed by atoms with Crippen LogP contribution in [0, 0.1) is 28.1 Å². The molecule has 6 atom stereocenters. The van der Waals surface area contributed by atoms with E-state index in [0.29, 0.717) is 6.42 Å². The van der Waals surface area contributed by atoms with Gasteiger partial charge in [-0.3, -0.25) is 14.4 Å². The van der Waals surface area contributed by atoms with E-state index in [9.17, 15) is 36.4 Å². The Morgan fingerprint density at radius 1 is 1.00 bits per heavy atom. The molecule has 51 heavy (non-hydrogen) atoms. The quantitative estimate of drug-likeness (QED) is 0.225. The fraction of sp³-hybridized carbons (Fsp3) is 0.714. The first kappa shape index (κ1) is 42.6. The van der Waals surface area contributed by atoms with E-state index in [1.54, 1.807) is 20.8 Å². The van der Waals surface area contributed by atoms with Crippen LogP contribution in [0.1, 0.15) is 67.4 Å². The minimum atomic E-state index is -3.53. The van der Waals surface area contributed by atoms with Gasteiger partial charge in [-0.1, -0.05) is 83.5 Å². The summed E-state index contributed by atoms with van der Waals surface area (Å²) in [5.41, 5.74) is -0.758. The lowest BCUT2D eigenvalue weighted by Gasteiger charge is -2.39. The van der Waals surface area contributed by atoms with Crippen molar-refractivity contribution in [2.24, 2.45) is 28.1 Å². The number of hydrogen-bond acceptors (Lipinski definition) is 6. The minimum absolute atomic E-state index is 0.00566. The number of nitrogens with one attached hydrogen (secondary N) is 4. The summed E-state index contributed by atoms with van der Waals surface area (Å²) >= 11 is 3.37. The fourth-order valence-electron chi connectivity index (χ4n) is 6.66. The van der Waals surface area contributed by atoms with Crippen LogP contribution in [0.3, 0.4) is 0 Å². The maximum atomic E-state index is 14.3. The Kier molecular flexibility index (Phi) is 13.4. The molecule has 1 saturated carbocycles. The number of fused-ring (bicyclic) bond motifs is 1. The third-order valence-corrected chi connectivity index (χ3v) is 12.0. The molecule has 3 rings (SSSR count). The molecule has 0 spiro atoms. The van der Waals surface area contributed by atoms with E-state index in [1.807, 2.05) is 58.9 Å². The number of alkyl halides is 2. The van der Waals surface area contributed by atoms with Crippen LogP contribution in [0.2, 0.25) is 0 Å². The first-order chi connectivity index (χ1) is 23.2. The molecule has 1 aromatic rings. The van der Waals surface area contributed by atoms with E-state index < -0.39 is 81.6 Å². The van der Waals surface area contributed by atoms with Crippen molar-refractivity contribution in [3.63, 3.8) is 0 Å². The van der Waals surface area contributed by atoms with Crippen LogP contribution in [0.25, 0.3) is 0 Å². The van der Waals surface area contributed by atoms with E-state index in [2.05, 4.69) is 37.2 Å². The van der Waals surface area contributed by atoms with Gasteiger partial charge in [-0.2, -0.15) is 0 Å². The topological polar surface area (TPSA) is 157 Å². The van der Waals surface area contributed by atoms with E-state index in [0.717, 1.165) is 20.6 Å². The van der Waals surface area contributed by atoms with Gasteiger partial charge in [-0.15, -0.1) is 0 Å². The smallest absolute Gasteiger partial charge is 0.315 e. The molecule has 2 fully saturated rings. The van der Waals surface area contributed by atoms with Crippen LogP contribution >= 0.6 is 15.9 Å². The Balaban J connectivity index is 1.79. The molecule has 1 aromatic carbocycles. The van der Waals surface area contributed by atoms with E-state index >= 15 is 0 Å². The third-order valence-electron chi connectivity index (χ3n) is 10.2. The summed E-state index contributed by atoms with van der Waals surface area (Å²) in [6.45, 7) is 15.2. The van der Waals surface area contributed by atoms with Crippen LogP contribution in [0.5, 0.6) is 0 Å². The maximum Gasteiger partial charge on any atom is 0.315 e. The van der Waals surface area contributed by atoms with Gasteiger partial charge in [0.25, 0.3) is 0 Å². The molecule has 1 aliphatic carbocycles. The van der Waals surface area contributed by atoms with Gasteiger partial charge in [0.2, 0.25) is 34.2 Å².